The van der Waals surface area contributed by atoms with Crippen LogP contribution in [0.5, 0.6) is 5.75 Å². The van der Waals surface area contributed by atoms with Crippen LogP contribution in [0.4, 0.5) is 4.79 Å². The van der Waals surface area contributed by atoms with Crippen LogP contribution in [0, 0.1) is 11.8 Å². The lowest BCUT2D eigenvalue weighted by Gasteiger charge is -2.42. The molecule has 0 spiro atoms. The highest BCUT2D eigenvalue weighted by atomic mass is 32.1. The molecule has 2 aliphatic rings. The topological polar surface area (TPSA) is 89.1 Å². The van der Waals surface area contributed by atoms with Crippen LogP contribution in [0.25, 0.3) is 10.9 Å². The Bertz CT molecular complexity index is 1240. The Labute approximate surface area is 240 Å². The summed E-state index contributed by atoms with van der Waals surface area (Å²) in [4.78, 5) is 36.2. The fourth-order valence-electron chi connectivity index (χ4n) is 6.20. The predicted octanol–water partition coefficient (Wildman–Crippen LogP) is 4.99. The van der Waals surface area contributed by atoms with E-state index in [1.54, 1.807) is 16.2 Å². The van der Waals surface area contributed by atoms with Gasteiger partial charge in [-0.15, -0.1) is 11.3 Å². The van der Waals surface area contributed by atoms with Gasteiger partial charge in [0.25, 0.3) is 0 Å². The molecule has 2 fully saturated rings. The summed E-state index contributed by atoms with van der Waals surface area (Å²) in [7, 11) is 0. The number of carbonyl (C=O) groups is 2. The van der Waals surface area contributed by atoms with E-state index in [1.807, 2.05) is 71.6 Å². The van der Waals surface area contributed by atoms with Gasteiger partial charge in [0.2, 0.25) is 5.91 Å². The Morgan fingerprint density at radius 2 is 1.73 bits per heavy atom. The van der Waals surface area contributed by atoms with E-state index in [0.29, 0.717) is 18.3 Å². The molecule has 1 aromatic carbocycles. The maximum atomic E-state index is 13.5. The van der Waals surface area contributed by atoms with Crippen LogP contribution in [-0.2, 0) is 11.2 Å². The van der Waals surface area contributed by atoms with E-state index in [0.717, 1.165) is 73.4 Å². The van der Waals surface area contributed by atoms with Crippen LogP contribution < -0.4 is 4.74 Å². The third kappa shape index (κ3) is 6.81. The number of benzene rings is 1. The largest absolute Gasteiger partial charge is 0.490 e. The number of aromatic amines is 1. The number of nitrogens with zero attached hydrogens (tertiary/aromatic N) is 3. The summed E-state index contributed by atoms with van der Waals surface area (Å²) < 4.78 is 5.93. The Morgan fingerprint density at radius 3 is 2.38 bits per heavy atom. The first-order chi connectivity index (χ1) is 19.4. The first-order valence-electron chi connectivity index (χ1n) is 14.6. The lowest BCUT2D eigenvalue weighted by atomic mass is 9.79. The van der Waals surface area contributed by atoms with Gasteiger partial charge in [-0.2, -0.15) is 0 Å². The number of aliphatic hydroxyl groups excluding tert-OH is 1. The Hall–Kier alpha value is -3.04. The minimum absolute atomic E-state index is 0.00534. The third-order valence-corrected chi connectivity index (χ3v) is 9.41. The molecular formula is C31H42N4O4S. The molecule has 2 aliphatic heterocycles. The molecule has 2 aromatic heterocycles. The highest BCUT2D eigenvalue weighted by molar-refractivity contribution is 7.10. The first-order valence-corrected chi connectivity index (χ1v) is 15.5. The third-order valence-electron chi connectivity index (χ3n) is 8.54. The van der Waals surface area contributed by atoms with Gasteiger partial charge < -0.3 is 29.5 Å². The number of aliphatic hydroxyl groups is 1. The number of aromatic nitrogens is 1. The minimum Gasteiger partial charge on any atom is -0.490 e. The number of ether oxygens (including phenoxy) is 1. The summed E-state index contributed by atoms with van der Waals surface area (Å²) in [5.74, 6) is 2.18. The number of H-pyrrole nitrogens is 1. The second-order valence-electron chi connectivity index (χ2n) is 11.5. The number of rotatable bonds is 9. The molecule has 3 amide bonds. The number of likely N-dealkylation sites (tertiary alicyclic amines) is 2. The van der Waals surface area contributed by atoms with Gasteiger partial charge in [0.15, 0.2) is 0 Å². The number of fused-ring (bicyclic) bond motifs is 1. The van der Waals surface area contributed by atoms with E-state index < -0.39 is 6.10 Å². The van der Waals surface area contributed by atoms with Crippen molar-refractivity contribution in [1.29, 1.82) is 0 Å². The number of carbonyl (C=O) groups excluding carboxylic acids is 2. The average Bonchev–Trinajstić information content (AvgIpc) is 3.67. The molecule has 3 aromatic rings. The quantitative estimate of drug-likeness (QED) is 0.382. The van der Waals surface area contributed by atoms with Crippen molar-refractivity contribution in [1.82, 2.24) is 19.7 Å². The molecule has 5 rings (SSSR count). The second kappa shape index (κ2) is 13.1. The average molecular weight is 567 g/mol. The smallest absolute Gasteiger partial charge is 0.320 e. The molecule has 8 nitrogen and oxygen atoms in total. The zero-order valence-corrected chi connectivity index (χ0v) is 24.4. The van der Waals surface area contributed by atoms with E-state index in [2.05, 4.69) is 4.98 Å². The predicted molar refractivity (Wildman–Crippen MR) is 159 cm³/mol. The molecule has 0 radical (unpaired) electrons. The fourth-order valence-corrected chi connectivity index (χ4v) is 6.89. The van der Waals surface area contributed by atoms with Crippen molar-refractivity contribution in [3.8, 4) is 5.75 Å². The minimum atomic E-state index is -0.786. The summed E-state index contributed by atoms with van der Waals surface area (Å²) in [6, 6.07) is 11.8. The summed E-state index contributed by atoms with van der Waals surface area (Å²) in [6.45, 7) is 7.51. The number of urea groups is 1. The summed E-state index contributed by atoms with van der Waals surface area (Å²) in [5, 5.41) is 13.8. The summed E-state index contributed by atoms with van der Waals surface area (Å²) >= 11 is 1.65. The zero-order chi connectivity index (χ0) is 28.1. The van der Waals surface area contributed by atoms with E-state index in [1.165, 1.54) is 0 Å². The Morgan fingerprint density at radius 1 is 1.02 bits per heavy atom. The van der Waals surface area contributed by atoms with Crippen molar-refractivity contribution >= 4 is 34.2 Å². The van der Waals surface area contributed by atoms with E-state index in [4.69, 9.17) is 4.74 Å². The SMILES string of the molecule is CC(C)N(CC(O)COc1cccc2[nH]ccc12)C(=O)N1CCC(C2CCN(C(=O)Cc3cccs3)CC2)CC1. The van der Waals surface area contributed by atoms with Gasteiger partial charge in [0.05, 0.1) is 13.0 Å². The summed E-state index contributed by atoms with van der Waals surface area (Å²) in [5.41, 5.74) is 0.988. The molecule has 9 heteroatoms. The van der Waals surface area contributed by atoms with Crippen LogP contribution in [0.3, 0.4) is 0 Å². The van der Waals surface area contributed by atoms with Crippen molar-refractivity contribution < 1.29 is 19.4 Å². The number of thiophene rings is 1. The molecule has 216 valence electrons. The highest BCUT2D eigenvalue weighted by Gasteiger charge is 2.34. The molecule has 0 bridgehead atoms. The fraction of sp³-hybridized carbons (Fsp3) is 0.548. The second-order valence-corrected chi connectivity index (χ2v) is 12.5. The molecular weight excluding hydrogens is 524 g/mol. The zero-order valence-electron chi connectivity index (χ0n) is 23.6. The maximum absolute atomic E-state index is 13.5. The van der Waals surface area contributed by atoms with Crippen LogP contribution in [0.15, 0.2) is 48.0 Å². The number of piperidine rings is 2. The molecule has 2 saturated heterocycles. The Balaban J connectivity index is 1.06. The lowest BCUT2D eigenvalue weighted by Crippen LogP contribution is -2.52. The normalized spacial score (nSPS) is 17.9. The highest BCUT2D eigenvalue weighted by Crippen LogP contribution is 2.33. The van der Waals surface area contributed by atoms with E-state index in [-0.39, 0.29) is 31.1 Å². The lowest BCUT2D eigenvalue weighted by molar-refractivity contribution is -0.132. The van der Waals surface area contributed by atoms with Gasteiger partial charge in [0.1, 0.15) is 18.5 Å². The van der Waals surface area contributed by atoms with E-state index in [9.17, 15) is 14.7 Å². The molecule has 0 aliphatic carbocycles. The van der Waals surface area contributed by atoms with Crippen LogP contribution in [0.2, 0.25) is 0 Å². The van der Waals surface area contributed by atoms with Crippen LogP contribution in [0.1, 0.15) is 44.4 Å². The number of amides is 3. The van der Waals surface area contributed by atoms with E-state index >= 15 is 0 Å². The maximum Gasteiger partial charge on any atom is 0.320 e. The van der Waals surface area contributed by atoms with Gasteiger partial charge in [-0.05, 0) is 81.0 Å². The molecule has 40 heavy (non-hydrogen) atoms. The van der Waals surface area contributed by atoms with Gasteiger partial charge >= 0.3 is 6.03 Å². The number of hydrogen-bond donors (Lipinski definition) is 2. The van der Waals surface area contributed by atoms with Crippen LogP contribution in [-0.4, -0.2) is 88.2 Å². The van der Waals surface area contributed by atoms with Crippen molar-refractivity contribution in [3.05, 3.63) is 52.9 Å². The van der Waals surface area contributed by atoms with Crippen molar-refractivity contribution in [2.24, 2.45) is 11.8 Å². The van der Waals surface area contributed by atoms with Crippen molar-refractivity contribution in [2.45, 2.75) is 58.1 Å². The molecule has 4 heterocycles. The molecule has 1 atom stereocenters. The van der Waals surface area contributed by atoms with Crippen LogP contribution >= 0.6 is 11.3 Å². The number of nitrogens with one attached hydrogen (secondary N) is 1. The van der Waals surface area contributed by atoms with Crippen molar-refractivity contribution in [2.75, 3.05) is 39.3 Å². The molecule has 1 unspecified atom stereocenters. The Kier molecular flexibility index (Phi) is 9.32. The van der Waals surface area contributed by atoms with Crippen molar-refractivity contribution in [3.63, 3.8) is 0 Å². The van der Waals surface area contributed by atoms with Gasteiger partial charge in [-0.25, -0.2) is 4.79 Å². The molecule has 0 saturated carbocycles. The monoisotopic (exact) mass is 566 g/mol. The van der Waals surface area contributed by atoms with Gasteiger partial charge in [0, 0.05) is 54.2 Å². The standard InChI is InChI=1S/C31H42N4O4S/c1-22(2)35(20-25(36)21-39-29-7-3-6-28-27(29)8-13-32-28)31(38)34-16-11-24(12-17-34)23-9-14-33(15-10-23)30(37)19-26-5-4-18-40-26/h3-8,13,18,22-25,32,36H,9-12,14-17,19-21H2,1-2H3. The molecule has 2 N–H and O–H groups in total. The van der Waals surface area contributed by atoms with Gasteiger partial charge in [-0.3, -0.25) is 4.79 Å². The first kappa shape index (κ1) is 28.5. The number of hydrogen-bond acceptors (Lipinski definition) is 5. The summed E-state index contributed by atoms with van der Waals surface area (Å²) in [6.07, 6.45) is 5.69. The van der Waals surface area contributed by atoms with Gasteiger partial charge in [-0.1, -0.05) is 12.1 Å².